The van der Waals surface area contributed by atoms with Gasteiger partial charge < -0.3 is 14.6 Å². The zero-order valence-electron chi connectivity index (χ0n) is 18.4. The number of nitrogens with one attached hydrogen (secondary N) is 1. The summed E-state index contributed by atoms with van der Waals surface area (Å²) in [6.45, 7) is 9.81. The van der Waals surface area contributed by atoms with Crippen LogP contribution >= 0.6 is 0 Å². The normalized spacial score (nSPS) is 12.2. The molecule has 158 valence electrons. The number of ether oxygens (including phenoxy) is 1. The van der Waals surface area contributed by atoms with Crippen molar-refractivity contribution >= 4 is 22.4 Å². The van der Waals surface area contributed by atoms with Crippen LogP contribution in [0.2, 0.25) is 0 Å². The van der Waals surface area contributed by atoms with Crippen LogP contribution in [0, 0.1) is 0 Å². The number of rotatable bonds is 7. The van der Waals surface area contributed by atoms with Crippen molar-refractivity contribution in [3.05, 3.63) is 70.1 Å². The van der Waals surface area contributed by atoms with Crippen LogP contribution in [0.3, 0.4) is 0 Å². The van der Waals surface area contributed by atoms with E-state index < -0.39 is 6.04 Å². The minimum Gasteiger partial charge on any atom is -0.491 e. The molecule has 1 heterocycles. The van der Waals surface area contributed by atoms with Crippen LogP contribution < -0.4 is 15.6 Å². The highest BCUT2D eigenvalue weighted by Crippen LogP contribution is 2.24. The highest BCUT2D eigenvalue weighted by Gasteiger charge is 2.19. The minimum atomic E-state index is -0.636. The molecule has 0 spiro atoms. The van der Waals surface area contributed by atoms with E-state index in [1.165, 1.54) is 4.57 Å². The third-order valence-corrected chi connectivity index (χ3v) is 5.32. The van der Waals surface area contributed by atoms with Gasteiger partial charge in [0.25, 0.3) is 5.56 Å². The summed E-state index contributed by atoms with van der Waals surface area (Å²) in [5, 5.41) is 4.43. The summed E-state index contributed by atoms with van der Waals surface area (Å²) >= 11 is 0. The van der Waals surface area contributed by atoms with E-state index in [0.717, 1.165) is 40.8 Å². The van der Waals surface area contributed by atoms with E-state index in [9.17, 15) is 9.59 Å². The second-order valence-electron chi connectivity index (χ2n) is 7.77. The molecule has 0 radical (unpaired) electrons. The van der Waals surface area contributed by atoms with Gasteiger partial charge in [-0.25, -0.2) is 0 Å². The molecular formula is C25H30N2O3. The summed E-state index contributed by atoms with van der Waals surface area (Å²) in [4.78, 5) is 26.1. The van der Waals surface area contributed by atoms with Crippen LogP contribution in [0.25, 0.3) is 10.8 Å². The SMILES string of the molecule is CCc1cccc(CC)c1NC(=O)C(C)n1ccc2cc(OC(C)C)ccc2c1=O. The Kier molecular flexibility index (Phi) is 6.60. The van der Waals surface area contributed by atoms with Gasteiger partial charge in [0, 0.05) is 17.3 Å². The molecule has 1 aromatic heterocycles. The van der Waals surface area contributed by atoms with Crippen LogP contribution in [0.4, 0.5) is 5.69 Å². The summed E-state index contributed by atoms with van der Waals surface area (Å²) < 4.78 is 7.20. The molecule has 0 fully saturated rings. The number of amides is 1. The molecule has 0 saturated carbocycles. The number of carbonyl (C=O) groups excluding carboxylic acids is 1. The Morgan fingerprint density at radius 3 is 2.30 bits per heavy atom. The van der Waals surface area contributed by atoms with Crippen molar-refractivity contribution in [1.82, 2.24) is 4.57 Å². The van der Waals surface area contributed by atoms with Crippen molar-refractivity contribution in [3.63, 3.8) is 0 Å². The van der Waals surface area contributed by atoms with E-state index >= 15 is 0 Å². The highest BCUT2D eigenvalue weighted by atomic mass is 16.5. The van der Waals surface area contributed by atoms with E-state index in [4.69, 9.17) is 4.74 Å². The lowest BCUT2D eigenvalue weighted by Gasteiger charge is -2.19. The Hall–Kier alpha value is -3.08. The third-order valence-electron chi connectivity index (χ3n) is 5.32. The van der Waals surface area contributed by atoms with E-state index in [1.54, 1.807) is 25.3 Å². The number of para-hydroxylation sites is 1. The first-order chi connectivity index (χ1) is 14.3. The van der Waals surface area contributed by atoms with Gasteiger partial charge in [0.15, 0.2) is 0 Å². The van der Waals surface area contributed by atoms with Gasteiger partial charge in [-0.05, 0) is 74.4 Å². The van der Waals surface area contributed by atoms with Crippen LogP contribution in [0.5, 0.6) is 5.75 Å². The summed E-state index contributed by atoms with van der Waals surface area (Å²) in [6.07, 6.45) is 3.40. The average Bonchev–Trinajstić information content (AvgIpc) is 2.73. The van der Waals surface area contributed by atoms with Crippen molar-refractivity contribution in [2.75, 3.05) is 5.32 Å². The number of aryl methyl sites for hydroxylation is 2. The van der Waals surface area contributed by atoms with Crippen molar-refractivity contribution < 1.29 is 9.53 Å². The molecule has 0 aliphatic heterocycles. The quantitative estimate of drug-likeness (QED) is 0.593. The standard InChI is InChI=1S/C25H30N2O3/c1-6-18-9-8-10-19(7-2)23(18)26-24(28)17(5)27-14-13-20-15-21(30-16(3)4)11-12-22(20)25(27)29/h8-17H,6-7H2,1-5H3,(H,26,28). The topological polar surface area (TPSA) is 60.3 Å². The van der Waals surface area contributed by atoms with Crippen LogP contribution in [-0.4, -0.2) is 16.6 Å². The molecule has 30 heavy (non-hydrogen) atoms. The molecule has 5 nitrogen and oxygen atoms in total. The molecule has 1 amide bonds. The fourth-order valence-electron chi connectivity index (χ4n) is 3.65. The van der Waals surface area contributed by atoms with E-state index in [2.05, 4.69) is 19.2 Å². The first-order valence-corrected chi connectivity index (χ1v) is 10.6. The predicted octanol–water partition coefficient (Wildman–Crippen LogP) is 5.11. The Bertz CT molecular complexity index is 1090. The van der Waals surface area contributed by atoms with Gasteiger partial charge in [0.2, 0.25) is 5.91 Å². The monoisotopic (exact) mass is 406 g/mol. The van der Waals surface area contributed by atoms with Crippen molar-refractivity contribution in [3.8, 4) is 5.75 Å². The molecule has 1 atom stereocenters. The fraction of sp³-hybridized carbons (Fsp3) is 0.360. The maximum absolute atomic E-state index is 13.0. The van der Waals surface area contributed by atoms with Gasteiger partial charge in [0.1, 0.15) is 11.8 Å². The number of benzene rings is 2. The first kappa shape index (κ1) is 21.6. The average molecular weight is 407 g/mol. The number of nitrogens with zero attached hydrogens (tertiary/aromatic N) is 1. The van der Waals surface area contributed by atoms with Crippen LogP contribution in [0.15, 0.2) is 53.5 Å². The number of hydrogen-bond acceptors (Lipinski definition) is 3. The Balaban J connectivity index is 1.91. The van der Waals surface area contributed by atoms with Gasteiger partial charge in [0.05, 0.1) is 6.10 Å². The Labute approximate surface area is 177 Å². The largest absolute Gasteiger partial charge is 0.491 e. The molecule has 1 unspecified atom stereocenters. The van der Waals surface area contributed by atoms with Gasteiger partial charge in [-0.3, -0.25) is 9.59 Å². The summed E-state index contributed by atoms with van der Waals surface area (Å²) in [6, 6.07) is 12.7. The number of aromatic nitrogens is 1. The van der Waals surface area contributed by atoms with Crippen LogP contribution in [0.1, 0.15) is 51.8 Å². The van der Waals surface area contributed by atoms with Gasteiger partial charge in [-0.1, -0.05) is 32.0 Å². The van der Waals surface area contributed by atoms with E-state index in [-0.39, 0.29) is 17.6 Å². The zero-order valence-corrected chi connectivity index (χ0v) is 18.4. The summed E-state index contributed by atoms with van der Waals surface area (Å²) in [5.74, 6) is 0.524. The molecule has 0 saturated heterocycles. The minimum absolute atomic E-state index is 0.0607. The maximum Gasteiger partial charge on any atom is 0.259 e. The lowest BCUT2D eigenvalue weighted by atomic mass is 10.0. The second kappa shape index (κ2) is 9.16. The smallest absolute Gasteiger partial charge is 0.259 e. The maximum atomic E-state index is 13.0. The number of carbonyl (C=O) groups is 1. The molecule has 0 bridgehead atoms. The molecule has 3 rings (SSSR count). The Morgan fingerprint density at radius 2 is 1.70 bits per heavy atom. The summed E-state index contributed by atoms with van der Waals surface area (Å²) in [7, 11) is 0. The van der Waals surface area contributed by atoms with Gasteiger partial charge in [-0.2, -0.15) is 0 Å². The van der Waals surface area contributed by atoms with E-state index in [0.29, 0.717) is 5.39 Å². The molecule has 1 N–H and O–H groups in total. The second-order valence-corrected chi connectivity index (χ2v) is 7.77. The molecular weight excluding hydrogens is 376 g/mol. The van der Waals surface area contributed by atoms with Crippen molar-refractivity contribution in [2.24, 2.45) is 0 Å². The number of fused-ring (bicyclic) bond motifs is 1. The highest BCUT2D eigenvalue weighted by molar-refractivity contribution is 5.95. The lowest BCUT2D eigenvalue weighted by molar-refractivity contribution is -0.118. The lowest BCUT2D eigenvalue weighted by Crippen LogP contribution is -2.31. The first-order valence-electron chi connectivity index (χ1n) is 10.6. The van der Waals surface area contributed by atoms with Gasteiger partial charge >= 0.3 is 0 Å². The molecule has 0 aliphatic rings. The molecule has 5 heteroatoms. The molecule has 3 aromatic rings. The van der Waals surface area contributed by atoms with Crippen molar-refractivity contribution in [2.45, 2.75) is 59.6 Å². The predicted molar refractivity (Wildman–Crippen MR) is 123 cm³/mol. The molecule has 2 aromatic carbocycles. The zero-order chi connectivity index (χ0) is 21.8. The molecule has 0 aliphatic carbocycles. The number of hydrogen-bond donors (Lipinski definition) is 1. The van der Waals surface area contributed by atoms with Crippen LogP contribution in [-0.2, 0) is 17.6 Å². The fourth-order valence-corrected chi connectivity index (χ4v) is 3.65. The van der Waals surface area contributed by atoms with E-state index in [1.807, 2.05) is 44.2 Å². The van der Waals surface area contributed by atoms with Gasteiger partial charge in [-0.15, -0.1) is 0 Å². The summed E-state index contributed by atoms with van der Waals surface area (Å²) in [5.41, 5.74) is 2.87. The number of pyridine rings is 1. The number of anilines is 1. The Morgan fingerprint density at radius 1 is 1.03 bits per heavy atom. The third kappa shape index (κ3) is 4.40. The van der Waals surface area contributed by atoms with Crippen molar-refractivity contribution in [1.29, 1.82) is 0 Å².